The molecule has 100 valence electrons. The summed E-state index contributed by atoms with van der Waals surface area (Å²) in [5.41, 5.74) is 7.05. The molecule has 5 heteroatoms. The molecule has 0 fully saturated rings. The summed E-state index contributed by atoms with van der Waals surface area (Å²) in [7, 11) is 1.61. The Morgan fingerprint density at radius 2 is 2.22 bits per heavy atom. The van der Waals surface area contributed by atoms with Gasteiger partial charge in [-0.15, -0.1) is 0 Å². The number of halogens is 1. The molecular formula is C13H18BrNO3. The van der Waals surface area contributed by atoms with Crippen molar-refractivity contribution in [2.24, 2.45) is 11.7 Å². The predicted octanol–water partition coefficient (Wildman–Crippen LogP) is 2.96. The maximum atomic E-state index is 10.6. The minimum absolute atomic E-state index is 0.0541. The largest absolute Gasteiger partial charge is 0.496 e. The number of carboxylic acids is 1. The Morgan fingerprint density at radius 1 is 1.56 bits per heavy atom. The molecule has 2 atom stereocenters. The van der Waals surface area contributed by atoms with E-state index in [1.54, 1.807) is 7.11 Å². The Hall–Kier alpha value is -1.07. The molecule has 0 aromatic heterocycles. The van der Waals surface area contributed by atoms with Gasteiger partial charge in [-0.2, -0.15) is 0 Å². The molecule has 18 heavy (non-hydrogen) atoms. The fourth-order valence-corrected chi connectivity index (χ4v) is 2.42. The van der Waals surface area contributed by atoms with E-state index < -0.39 is 5.97 Å². The lowest BCUT2D eigenvalue weighted by Gasteiger charge is -2.17. The number of methoxy groups -OCH3 is 1. The number of benzene rings is 1. The molecular weight excluding hydrogens is 298 g/mol. The highest BCUT2D eigenvalue weighted by Crippen LogP contribution is 2.29. The molecule has 1 aromatic carbocycles. The van der Waals surface area contributed by atoms with Crippen molar-refractivity contribution in [3.63, 3.8) is 0 Å². The second kappa shape index (κ2) is 6.75. The van der Waals surface area contributed by atoms with Crippen LogP contribution in [0.25, 0.3) is 0 Å². The van der Waals surface area contributed by atoms with Gasteiger partial charge in [0.05, 0.1) is 11.6 Å². The van der Waals surface area contributed by atoms with Crippen LogP contribution in [0.1, 0.15) is 31.4 Å². The summed E-state index contributed by atoms with van der Waals surface area (Å²) in [5.74, 6) is 0.0218. The van der Waals surface area contributed by atoms with Crippen molar-refractivity contribution in [3.8, 4) is 5.75 Å². The van der Waals surface area contributed by atoms with Crippen molar-refractivity contribution < 1.29 is 14.6 Å². The highest BCUT2D eigenvalue weighted by atomic mass is 79.9. The molecule has 0 bridgehead atoms. The number of rotatable bonds is 6. The Bertz CT molecular complexity index is 423. The molecule has 0 aliphatic heterocycles. The fraction of sp³-hybridized carbons (Fsp3) is 0.462. The topological polar surface area (TPSA) is 72.5 Å². The van der Waals surface area contributed by atoms with Crippen molar-refractivity contribution >= 4 is 21.9 Å². The van der Waals surface area contributed by atoms with Crippen molar-refractivity contribution in [1.82, 2.24) is 0 Å². The van der Waals surface area contributed by atoms with Crippen LogP contribution >= 0.6 is 15.9 Å². The number of hydrogen-bond acceptors (Lipinski definition) is 3. The van der Waals surface area contributed by atoms with Gasteiger partial charge in [0, 0.05) is 12.5 Å². The van der Waals surface area contributed by atoms with E-state index in [1.165, 1.54) is 0 Å². The average Bonchev–Trinajstić information content (AvgIpc) is 2.27. The Kier molecular flexibility index (Phi) is 5.62. The van der Waals surface area contributed by atoms with E-state index in [0.29, 0.717) is 6.42 Å². The third-order valence-electron chi connectivity index (χ3n) is 2.78. The van der Waals surface area contributed by atoms with E-state index in [1.807, 2.05) is 25.1 Å². The quantitative estimate of drug-likeness (QED) is 0.846. The summed E-state index contributed by atoms with van der Waals surface area (Å²) in [6.07, 6.45) is 0.788. The van der Waals surface area contributed by atoms with Gasteiger partial charge >= 0.3 is 5.97 Å². The minimum atomic E-state index is -0.786. The van der Waals surface area contributed by atoms with E-state index >= 15 is 0 Å². The molecule has 0 aliphatic rings. The molecule has 4 nitrogen and oxygen atoms in total. The van der Waals surface area contributed by atoms with Crippen LogP contribution in [0.15, 0.2) is 22.7 Å². The predicted molar refractivity (Wildman–Crippen MR) is 73.7 cm³/mol. The van der Waals surface area contributed by atoms with Crippen LogP contribution in [0.5, 0.6) is 5.75 Å². The maximum absolute atomic E-state index is 10.6. The van der Waals surface area contributed by atoms with Gasteiger partial charge in [-0.05, 0) is 46.0 Å². The smallest absolute Gasteiger partial charge is 0.303 e. The SMILES string of the molecule is COc1ccc(C(N)CC(C)CC(=O)O)cc1Br. The fourth-order valence-electron chi connectivity index (χ4n) is 1.86. The summed E-state index contributed by atoms with van der Waals surface area (Å²) in [4.78, 5) is 10.6. The molecule has 0 heterocycles. The van der Waals surface area contributed by atoms with E-state index in [4.69, 9.17) is 15.6 Å². The normalized spacial score (nSPS) is 14.0. The van der Waals surface area contributed by atoms with Gasteiger partial charge < -0.3 is 15.6 Å². The van der Waals surface area contributed by atoms with E-state index in [-0.39, 0.29) is 18.4 Å². The van der Waals surface area contributed by atoms with Crippen LogP contribution in [0, 0.1) is 5.92 Å². The highest BCUT2D eigenvalue weighted by Gasteiger charge is 2.15. The molecule has 0 saturated heterocycles. The summed E-state index contributed by atoms with van der Waals surface area (Å²) < 4.78 is 6.00. The molecule has 3 N–H and O–H groups in total. The lowest BCUT2D eigenvalue weighted by molar-refractivity contribution is -0.138. The lowest BCUT2D eigenvalue weighted by Crippen LogP contribution is -2.16. The second-order valence-electron chi connectivity index (χ2n) is 4.44. The highest BCUT2D eigenvalue weighted by molar-refractivity contribution is 9.10. The molecule has 2 unspecified atom stereocenters. The lowest BCUT2D eigenvalue weighted by atomic mass is 9.94. The number of ether oxygens (including phenoxy) is 1. The van der Waals surface area contributed by atoms with Crippen molar-refractivity contribution in [3.05, 3.63) is 28.2 Å². The van der Waals surface area contributed by atoms with Gasteiger partial charge in [0.15, 0.2) is 0 Å². The number of carbonyl (C=O) groups is 1. The zero-order valence-electron chi connectivity index (χ0n) is 10.5. The first-order chi connectivity index (χ1) is 8.43. The standard InChI is InChI=1S/C13H18BrNO3/c1-8(6-13(16)17)5-11(15)9-3-4-12(18-2)10(14)7-9/h3-4,7-8,11H,5-6,15H2,1-2H3,(H,16,17). The van der Waals surface area contributed by atoms with Crippen LogP contribution in [0.2, 0.25) is 0 Å². The van der Waals surface area contributed by atoms with Crippen LogP contribution < -0.4 is 10.5 Å². The van der Waals surface area contributed by atoms with Gasteiger partial charge in [-0.3, -0.25) is 4.79 Å². The zero-order valence-corrected chi connectivity index (χ0v) is 12.1. The van der Waals surface area contributed by atoms with E-state index in [9.17, 15) is 4.79 Å². The summed E-state index contributed by atoms with van der Waals surface area (Å²) >= 11 is 3.41. The molecule has 0 amide bonds. The molecule has 0 saturated carbocycles. The monoisotopic (exact) mass is 315 g/mol. The number of carboxylic acid groups (broad SMARTS) is 1. The van der Waals surface area contributed by atoms with Crippen LogP contribution in [0.3, 0.4) is 0 Å². The third kappa shape index (κ3) is 4.31. The average molecular weight is 316 g/mol. The number of hydrogen-bond donors (Lipinski definition) is 2. The molecule has 1 aromatic rings. The maximum Gasteiger partial charge on any atom is 0.303 e. The van der Waals surface area contributed by atoms with Crippen molar-refractivity contribution in [1.29, 1.82) is 0 Å². The Labute approximate surface area is 115 Å². The van der Waals surface area contributed by atoms with Gasteiger partial charge in [0.1, 0.15) is 5.75 Å². The summed E-state index contributed by atoms with van der Waals surface area (Å²) in [6, 6.07) is 5.50. The summed E-state index contributed by atoms with van der Waals surface area (Å²) in [5, 5.41) is 8.71. The molecule has 0 aliphatic carbocycles. The van der Waals surface area contributed by atoms with Gasteiger partial charge in [-0.1, -0.05) is 13.0 Å². The first-order valence-electron chi connectivity index (χ1n) is 5.74. The Morgan fingerprint density at radius 3 is 2.72 bits per heavy atom. The molecule has 1 rings (SSSR count). The number of nitrogens with two attached hydrogens (primary N) is 1. The first-order valence-corrected chi connectivity index (χ1v) is 6.54. The van der Waals surface area contributed by atoms with Gasteiger partial charge in [-0.25, -0.2) is 0 Å². The minimum Gasteiger partial charge on any atom is -0.496 e. The van der Waals surface area contributed by atoms with Crippen LogP contribution in [0.4, 0.5) is 0 Å². The second-order valence-corrected chi connectivity index (χ2v) is 5.29. The van der Waals surface area contributed by atoms with Crippen molar-refractivity contribution in [2.75, 3.05) is 7.11 Å². The Balaban J connectivity index is 2.69. The molecule has 0 radical (unpaired) electrons. The number of aliphatic carboxylic acids is 1. The van der Waals surface area contributed by atoms with E-state index in [2.05, 4.69) is 15.9 Å². The van der Waals surface area contributed by atoms with Gasteiger partial charge in [0.25, 0.3) is 0 Å². The first kappa shape index (κ1) is 15.0. The van der Waals surface area contributed by atoms with Gasteiger partial charge in [0.2, 0.25) is 0 Å². The zero-order chi connectivity index (χ0) is 13.7. The van der Waals surface area contributed by atoms with Crippen LogP contribution in [-0.2, 0) is 4.79 Å². The van der Waals surface area contributed by atoms with Crippen LogP contribution in [-0.4, -0.2) is 18.2 Å². The van der Waals surface area contributed by atoms with E-state index in [0.717, 1.165) is 15.8 Å². The van der Waals surface area contributed by atoms with Crippen molar-refractivity contribution in [2.45, 2.75) is 25.8 Å². The molecule has 0 spiro atoms. The third-order valence-corrected chi connectivity index (χ3v) is 3.40. The summed E-state index contributed by atoms with van der Waals surface area (Å²) in [6.45, 7) is 1.90.